The van der Waals surface area contributed by atoms with Gasteiger partial charge in [0.05, 0.1) is 45.6 Å². The van der Waals surface area contributed by atoms with Crippen LogP contribution in [0.3, 0.4) is 0 Å². The molecule has 45 heavy (non-hydrogen) atoms. The van der Waals surface area contributed by atoms with Gasteiger partial charge in [0.25, 0.3) is 11.8 Å². The fraction of sp³-hybridized carbons (Fsp3) is 0.364. The number of primary amides is 1. The summed E-state index contributed by atoms with van der Waals surface area (Å²) >= 11 is 0. The molecule has 4 N–H and O–H groups in total. The van der Waals surface area contributed by atoms with Crippen LogP contribution in [0, 0.1) is 5.41 Å². The molecule has 4 aromatic rings. The number of aromatic nitrogens is 2. The summed E-state index contributed by atoms with van der Waals surface area (Å²) in [5.74, 6) is 0.169. The van der Waals surface area contributed by atoms with Crippen molar-refractivity contribution in [3.05, 3.63) is 78.1 Å². The topological polar surface area (TPSA) is 162 Å². The van der Waals surface area contributed by atoms with Crippen LogP contribution in [0.1, 0.15) is 60.2 Å². The molecule has 1 spiro atoms. The Morgan fingerprint density at radius 1 is 1.04 bits per heavy atom. The van der Waals surface area contributed by atoms with Crippen LogP contribution in [0.2, 0.25) is 0 Å². The molecule has 2 heterocycles. The van der Waals surface area contributed by atoms with Crippen molar-refractivity contribution in [2.24, 2.45) is 11.1 Å². The summed E-state index contributed by atoms with van der Waals surface area (Å²) in [5.41, 5.74) is 7.74. The first-order chi connectivity index (χ1) is 21.2. The van der Waals surface area contributed by atoms with Gasteiger partial charge in [-0.3, -0.25) is 9.59 Å². The van der Waals surface area contributed by atoms with Gasteiger partial charge >= 0.3 is 0 Å². The summed E-state index contributed by atoms with van der Waals surface area (Å²) in [6.45, 7) is 3.45. The van der Waals surface area contributed by atoms with Crippen molar-refractivity contribution in [1.29, 1.82) is 0 Å². The number of rotatable bonds is 10. The minimum absolute atomic E-state index is 0.0437. The highest BCUT2D eigenvalue weighted by Crippen LogP contribution is 2.57. The predicted molar refractivity (Wildman–Crippen MR) is 167 cm³/mol. The van der Waals surface area contributed by atoms with Crippen LogP contribution in [0.15, 0.2) is 71.9 Å². The minimum atomic E-state index is -3.31. The fourth-order valence-corrected chi connectivity index (χ4v) is 6.87. The first kappa shape index (κ1) is 30.6. The van der Waals surface area contributed by atoms with E-state index in [9.17, 15) is 23.1 Å². The van der Waals surface area contributed by atoms with Gasteiger partial charge in [-0.15, -0.1) is 0 Å². The second-order valence-corrected chi connectivity index (χ2v) is 15.0. The van der Waals surface area contributed by atoms with Crippen LogP contribution in [0.25, 0.3) is 16.6 Å². The summed E-state index contributed by atoms with van der Waals surface area (Å²) in [4.78, 5) is 25.4. The Hall–Kier alpha value is -4.42. The molecule has 236 valence electrons. The molecule has 2 amide bonds. The highest BCUT2D eigenvalue weighted by atomic mass is 32.2. The van der Waals surface area contributed by atoms with Gasteiger partial charge in [-0.25, -0.2) is 12.9 Å². The van der Waals surface area contributed by atoms with Crippen LogP contribution < -0.4 is 20.5 Å². The summed E-state index contributed by atoms with van der Waals surface area (Å²) in [5, 5.41) is 17.3. The lowest BCUT2D eigenvalue weighted by molar-refractivity contribution is -0.0834. The van der Waals surface area contributed by atoms with Crippen LogP contribution in [0.5, 0.6) is 11.5 Å². The molecular weight excluding hydrogens is 596 g/mol. The van der Waals surface area contributed by atoms with Gasteiger partial charge in [-0.1, -0.05) is 18.2 Å². The van der Waals surface area contributed by atoms with Crippen molar-refractivity contribution in [3.8, 4) is 22.6 Å². The van der Waals surface area contributed by atoms with Gasteiger partial charge in [-0.2, -0.15) is 5.10 Å². The quantitative estimate of drug-likeness (QED) is 0.238. The van der Waals surface area contributed by atoms with Gasteiger partial charge in [0, 0.05) is 12.3 Å². The molecule has 2 aliphatic rings. The Labute approximate surface area is 261 Å². The van der Waals surface area contributed by atoms with E-state index >= 15 is 0 Å². The van der Waals surface area contributed by atoms with E-state index in [2.05, 4.69) is 10.4 Å². The van der Waals surface area contributed by atoms with Gasteiger partial charge in [-0.05, 0) is 92.5 Å². The maximum atomic E-state index is 13.1. The number of sulfone groups is 1. The average molecular weight is 633 g/mol. The molecule has 2 aromatic carbocycles. The van der Waals surface area contributed by atoms with Crippen LogP contribution in [-0.4, -0.2) is 65.6 Å². The van der Waals surface area contributed by atoms with E-state index in [1.54, 1.807) is 79.2 Å². The molecule has 2 aliphatic carbocycles. The molecule has 2 fully saturated rings. The SMILES string of the molecule is CC(C)(O)COc1ccc2c(C(=O)NC3CC4(C3)CC(Oc3cc(-c5ccc(S(C)(=O)=O)cc5)ccc3C(N)=O)C4)cnn2c1. The molecule has 0 atom stereocenters. The first-order valence-electron chi connectivity index (χ1n) is 14.7. The number of pyridine rings is 1. The van der Waals surface area contributed by atoms with E-state index in [-0.39, 0.29) is 40.5 Å². The fourth-order valence-electron chi connectivity index (χ4n) is 6.24. The number of amides is 2. The van der Waals surface area contributed by atoms with Crippen molar-refractivity contribution in [2.45, 2.75) is 62.2 Å². The van der Waals surface area contributed by atoms with Crippen LogP contribution in [0.4, 0.5) is 0 Å². The molecule has 2 saturated carbocycles. The lowest BCUT2D eigenvalue weighted by Crippen LogP contribution is -2.58. The zero-order chi connectivity index (χ0) is 32.1. The monoisotopic (exact) mass is 632 g/mol. The zero-order valence-electron chi connectivity index (χ0n) is 25.3. The summed E-state index contributed by atoms with van der Waals surface area (Å²) in [7, 11) is -3.31. The lowest BCUT2D eigenvalue weighted by Gasteiger charge is -2.57. The average Bonchev–Trinajstić information content (AvgIpc) is 3.36. The minimum Gasteiger partial charge on any atom is -0.490 e. The molecule has 0 saturated heterocycles. The van der Waals surface area contributed by atoms with Crippen molar-refractivity contribution in [1.82, 2.24) is 14.9 Å². The second-order valence-electron chi connectivity index (χ2n) is 13.0. The highest BCUT2D eigenvalue weighted by molar-refractivity contribution is 7.90. The van der Waals surface area contributed by atoms with Crippen molar-refractivity contribution in [3.63, 3.8) is 0 Å². The predicted octanol–water partition coefficient (Wildman–Crippen LogP) is 3.77. The number of aliphatic hydroxyl groups is 1. The van der Waals surface area contributed by atoms with E-state index in [1.165, 1.54) is 6.20 Å². The standard InChI is InChI=1S/C33H36N4O7S/c1-32(2,40)19-43-23-7-11-28-27(17-35-37(28)18-23)31(39)36-22-13-33(14-22)15-24(16-33)44-29-12-21(6-10-26(29)30(34)38)20-4-8-25(9-5-20)45(3,41)42/h4-12,17-18,22,24,40H,13-16,19H2,1-3H3,(H2,34,38)(H,36,39). The Morgan fingerprint density at radius 3 is 2.38 bits per heavy atom. The number of hydrogen-bond donors (Lipinski definition) is 3. The van der Waals surface area contributed by atoms with Crippen LogP contribution in [-0.2, 0) is 9.84 Å². The Kier molecular flexibility index (Phi) is 7.60. The second kappa shape index (κ2) is 11.2. The Bertz CT molecular complexity index is 1880. The molecular formula is C33H36N4O7S. The molecule has 2 aromatic heterocycles. The van der Waals surface area contributed by atoms with Gasteiger partial charge in [0.2, 0.25) is 0 Å². The maximum Gasteiger partial charge on any atom is 0.255 e. The molecule has 0 bridgehead atoms. The first-order valence-corrected chi connectivity index (χ1v) is 16.6. The van der Waals surface area contributed by atoms with E-state index in [4.69, 9.17) is 15.2 Å². The number of carbonyl (C=O) groups is 2. The number of benzene rings is 2. The Morgan fingerprint density at radius 2 is 1.73 bits per heavy atom. The smallest absolute Gasteiger partial charge is 0.255 e. The number of nitrogens with two attached hydrogens (primary N) is 1. The largest absolute Gasteiger partial charge is 0.490 e. The number of fused-ring (bicyclic) bond motifs is 1. The summed E-state index contributed by atoms with van der Waals surface area (Å²) in [6.07, 6.45) is 7.56. The Balaban J connectivity index is 1.04. The van der Waals surface area contributed by atoms with E-state index in [0.717, 1.165) is 43.1 Å². The van der Waals surface area contributed by atoms with Crippen LogP contribution >= 0.6 is 0 Å². The van der Waals surface area contributed by atoms with Gasteiger partial charge < -0.3 is 25.6 Å². The van der Waals surface area contributed by atoms with E-state index in [1.807, 2.05) is 0 Å². The van der Waals surface area contributed by atoms with E-state index < -0.39 is 21.3 Å². The van der Waals surface area contributed by atoms with E-state index in [0.29, 0.717) is 22.6 Å². The molecule has 6 rings (SSSR count). The normalized spacial score (nSPS) is 21.2. The number of hydrogen-bond acceptors (Lipinski definition) is 8. The molecule has 11 nitrogen and oxygen atoms in total. The van der Waals surface area contributed by atoms with Crippen molar-refractivity contribution >= 4 is 27.2 Å². The summed E-state index contributed by atoms with van der Waals surface area (Å²) in [6, 6.07) is 15.3. The number of nitrogens with one attached hydrogen (secondary N) is 1. The maximum absolute atomic E-state index is 13.1. The third-order valence-electron chi connectivity index (χ3n) is 8.50. The van der Waals surface area contributed by atoms with Gasteiger partial charge in [0.1, 0.15) is 18.1 Å². The highest BCUT2D eigenvalue weighted by Gasteiger charge is 2.54. The third-order valence-corrected chi connectivity index (χ3v) is 9.63. The number of carbonyl (C=O) groups excluding carboxylic acids is 2. The van der Waals surface area contributed by atoms with Crippen molar-refractivity contribution in [2.75, 3.05) is 12.9 Å². The zero-order valence-corrected chi connectivity index (χ0v) is 26.1. The molecule has 12 heteroatoms. The van der Waals surface area contributed by atoms with Gasteiger partial charge in [0.15, 0.2) is 9.84 Å². The molecule has 0 radical (unpaired) electrons. The molecule has 0 unspecified atom stereocenters. The number of nitrogens with zero attached hydrogens (tertiary/aromatic N) is 2. The summed E-state index contributed by atoms with van der Waals surface area (Å²) < 4.78 is 37.1. The third kappa shape index (κ3) is 6.52. The van der Waals surface area contributed by atoms with Crippen molar-refractivity contribution < 1.29 is 32.6 Å². The number of ether oxygens (including phenoxy) is 2. The molecule has 0 aliphatic heterocycles. The lowest BCUT2D eigenvalue weighted by atomic mass is 9.53.